The SMILES string of the molecule is O=C(O)CCCCc1cn(CC(=O)N2CCCCC2)nn1. The van der Waals surface area contributed by atoms with E-state index in [-0.39, 0.29) is 18.9 Å². The minimum Gasteiger partial charge on any atom is -0.481 e. The number of likely N-dealkylation sites (tertiary alicyclic amines) is 1. The molecule has 0 spiro atoms. The third-order valence-electron chi connectivity index (χ3n) is 3.67. The zero-order valence-electron chi connectivity index (χ0n) is 12.2. The lowest BCUT2D eigenvalue weighted by molar-refractivity contribution is -0.137. The van der Waals surface area contributed by atoms with E-state index in [4.69, 9.17) is 5.11 Å². The maximum absolute atomic E-state index is 12.1. The van der Waals surface area contributed by atoms with Crippen LogP contribution in [0.5, 0.6) is 0 Å². The number of amides is 1. The lowest BCUT2D eigenvalue weighted by Gasteiger charge is -2.26. The van der Waals surface area contributed by atoms with E-state index in [0.29, 0.717) is 12.8 Å². The van der Waals surface area contributed by atoms with E-state index >= 15 is 0 Å². The number of aliphatic carboxylic acids is 1. The zero-order chi connectivity index (χ0) is 15.1. The number of unbranched alkanes of at least 4 members (excludes halogenated alkanes) is 1. The Hall–Kier alpha value is -1.92. The summed E-state index contributed by atoms with van der Waals surface area (Å²) in [5, 5.41) is 16.6. The summed E-state index contributed by atoms with van der Waals surface area (Å²) in [7, 11) is 0. The molecule has 0 aromatic carbocycles. The Balaban J connectivity index is 1.74. The molecule has 0 aliphatic carbocycles. The molecule has 7 heteroatoms. The van der Waals surface area contributed by atoms with E-state index in [0.717, 1.165) is 38.0 Å². The van der Waals surface area contributed by atoms with Gasteiger partial charge in [-0.05, 0) is 38.5 Å². The molecule has 0 atom stereocenters. The Morgan fingerprint density at radius 2 is 1.95 bits per heavy atom. The van der Waals surface area contributed by atoms with Crippen molar-refractivity contribution in [2.75, 3.05) is 13.1 Å². The maximum Gasteiger partial charge on any atom is 0.303 e. The van der Waals surface area contributed by atoms with Crippen molar-refractivity contribution in [3.05, 3.63) is 11.9 Å². The lowest BCUT2D eigenvalue weighted by atomic mass is 10.1. The van der Waals surface area contributed by atoms with Crippen molar-refractivity contribution in [3.63, 3.8) is 0 Å². The zero-order valence-corrected chi connectivity index (χ0v) is 12.2. The fourth-order valence-electron chi connectivity index (χ4n) is 2.49. The first-order chi connectivity index (χ1) is 10.1. The number of rotatable bonds is 7. The van der Waals surface area contributed by atoms with Crippen LogP contribution in [0.3, 0.4) is 0 Å². The number of carboxylic acid groups (broad SMARTS) is 1. The van der Waals surface area contributed by atoms with Gasteiger partial charge >= 0.3 is 5.97 Å². The van der Waals surface area contributed by atoms with Gasteiger partial charge in [-0.3, -0.25) is 9.59 Å². The van der Waals surface area contributed by atoms with Crippen molar-refractivity contribution < 1.29 is 14.7 Å². The first-order valence-corrected chi connectivity index (χ1v) is 7.54. The number of aryl methyl sites for hydroxylation is 1. The van der Waals surface area contributed by atoms with E-state index in [9.17, 15) is 9.59 Å². The van der Waals surface area contributed by atoms with Gasteiger partial charge in [-0.2, -0.15) is 0 Å². The van der Waals surface area contributed by atoms with Gasteiger partial charge in [-0.1, -0.05) is 5.21 Å². The molecular formula is C14H22N4O3. The van der Waals surface area contributed by atoms with Gasteiger partial charge in [-0.15, -0.1) is 5.10 Å². The highest BCUT2D eigenvalue weighted by atomic mass is 16.4. The van der Waals surface area contributed by atoms with Crippen LogP contribution in [0.1, 0.15) is 44.2 Å². The first-order valence-electron chi connectivity index (χ1n) is 7.54. The molecule has 0 saturated carbocycles. The summed E-state index contributed by atoms with van der Waals surface area (Å²) in [6.45, 7) is 1.92. The van der Waals surface area contributed by atoms with Crippen LogP contribution in [0.25, 0.3) is 0 Å². The fraction of sp³-hybridized carbons (Fsp3) is 0.714. The van der Waals surface area contributed by atoms with Crippen LogP contribution in [-0.4, -0.2) is 50.0 Å². The summed E-state index contributed by atoms with van der Waals surface area (Å²) in [6, 6.07) is 0. The Morgan fingerprint density at radius 1 is 1.19 bits per heavy atom. The standard InChI is InChI=1S/C14H22N4O3/c19-13(17-8-4-1-5-9-17)11-18-10-12(15-16-18)6-2-3-7-14(20)21/h10H,1-9,11H2,(H,20,21). The molecule has 0 radical (unpaired) electrons. The topological polar surface area (TPSA) is 88.3 Å². The van der Waals surface area contributed by atoms with Crippen LogP contribution in [0.15, 0.2) is 6.20 Å². The summed E-state index contributed by atoms with van der Waals surface area (Å²) < 4.78 is 1.57. The monoisotopic (exact) mass is 294 g/mol. The molecule has 1 aliphatic heterocycles. The minimum absolute atomic E-state index is 0.0945. The van der Waals surface area contributed by atoms with Gasteiger partial charge in [0, 0.05) is 25.7 Å². The van der Waals surface area contributed by atoms with Gasteiger partial charge in [0.05, 0.1) is 5.69 Å². The normalized spacial score (nSPS) is 15.1. The average molecular weight is 294 g/mol. The number of hydrogen-bond donors (Lipinski definition) is 1. The van der Waals surface area contributed by atoms with Crippen molar-refractivity contribution in [2.24, 2.45) is 0 Å². The van der Waals surface area contributed by atoms with Gasteiger partial charge in [0.15, 0.2) is 0 Å². The highest BCUT2D eigenvalue weighted by Crippen LogP contribution is 2.09. The van der Waals surface area contributed by atoms with E-state index in [1.165, 1.54) is 6.42 Å². The van der Waals surface area contributed by atoms with Crippen LogP contribution >= 0.6 is 0 Å². The molecule has 1 amide bonds. The second-order valence-corrected chi connectivity index (χ2v) is 5.45. The van der Waals surface area contributed by atoms with Gasteiger partial charge in [0.2, 0.25) is 5.91 Å². The summed E-state index contributed by atoms with van der Waals surface area (Å²) in [5.74, 6) is -0.678. The van der Waals surface area contributed by atoms with Crippen molar-refractivity contribution in [1.82, 2.24) is 19.9 Å². The molecule has 1 aromatic rings. The molecule has 1 fully saturated rings. The third kappa shape index (κ3) is 5.17. The van der Waals surface area contributed by atoms with Gasteiger partial charge in [0.25, 0.3) is 0 Å². The van der Waals surface area contributed by atoms with Crippen molar-refractivity contribution >= 4 is 11.9 Å². The highest BCUT2D eigenvalue weighted by Gasteiger charge is 2.17. The van der Waals surface area contributed by atoms with Gasteiger partial charge in [-0.25, -0.2) is 4.68 Å². The van der Waals surface area contributed by atoms with Gasteiger partial charge < -0.3 is 10.0 Å². The molecule has 116 valence electrons. The number of piperidine rings is 1. The Labute approximate surface area is 123 Å². The molecule has 2 rings (SSSR count). The van der Waals surface area contributed by atoms with E-state index < -0.39 is 5.97 Å². The van der Waals surface area contributed by atoms with Crippen LogP contribution in [0.4, 0.5) is 0 Å². The van der Waals surface area contributed by atoms with Crippen LogP contribution in [0, 0.1) is 0 Å². The second-order valence-electron chi connectivity index (χ2n) is 5.45. The Morgan fingerprint density at radius 3 is 2.67 bits per heavy atom. The molecule has 0 unspecified atom stereocenters. The number of hydrogen-bond acceptors (Lipinski definition) is 4. The number of aromatic nitrogens is 3. The Kier molecular flexibility index (Phi) is 5.71. The number of nitrogens with zero attached hydrogens (tertiary/aromatic N) is 4. The van der Waals surface area contributed by atoms with Crippen molar-refractivity contribution in [1.29, 1.82) is 0 Å². The highest BCUT2D eigenvalue weighted by molar-refractivity contribution is 5.75. The van der Waals surface area contributed by atoms with E-state index in [1.54, 1.807) is 10.9 Å². The van der Waals surface area contributed by atoms with Crippen molar-refractivity contribution in [3.8, 4) is 0 Å². The molecule has 1 aromatic heterocycles. The quantitative estimate of drug-likeness (QED) is 0.760. The number of carboxylic acids is 1. The number of carbonyl (C=O) groups is 2. The largest absolute Gasteiger partial charge is 0.481 e. The third-order valence-corrected chi connectivity index (χ3v) is 3.67. The molecule has 7 nitrogen and oxygen atoms in total. The van der Waals surface area contributed by atoms with Crippen LogP contribution < -0.4 is 0 Å². The number of carbonyl (C=O) groups excluding carboxylic acids is 1. The molecule has 21 heavy (non-hydrogen) atoms. The molecule has 1 aliphatic rings. The fourth-order valence-corrected chi connectivity index (χ4v) is 2.49. The lowest BCUT2D eigenvalue weighted by Crippen LogP contribution is -2.37. The maximum atomic E-state index is 12.1. The van der Waals surface area contributed by atoms with Crippen LogP contribution in [0.2, 0.25) is 0 Å². The predicted molar refractivity (Wildman–Crippen MR) is 75.6 cm³/mol. The van der Waals surface area contributed by atoms with Crippen molar-refractivity contribution in [2.45, 2.75) is 51.5 Å². The molecule has 2 heterocycles. The smallest absolute Gasteiger partial charge is 0.303 e. The first kappa shape index (κ1) is 15.5. The summed E-state index contributed by atoms with van der Waals surface area (Å²) in [4.78, 5) is 24.4. The molecule has 0 bridgehead atoms. The molecular weight excluding hydrogens is 272 g/mol. The summed E-state index contributed by atoms with van der Waals surface area (Å²) in [5.41, 5.74) is 0.812. The van der Waals surface area contributed by atoms with Crippen LogP contribution in [-0.2, 0) is 22.6 Å². The molecule has 1 N–H and O–H groups in total. The minimum atomic E-state index is -0.772. The summed E-state index contributed by atoms with van der Waals surface area (Å²) >= 11 is 0. The predicted octanol–water partition coefficient (Wildman–Crippen LogP) is 1.09. The Bertz CT molecular complexity index is 480. The second kappa shape index (κ2) is 7.75. The van der Waals surface area contributed by atoms with E-state index in [1.807, 2.05) is 4.90 Å². The van der Waals surface area contributed by atoms with Gasteiger partial charge in [0.1, 0.15) is 6.54 Å². The molecule has 1 saturated heterocycles. The summed E-state index contributed by atoms with van der Waals surface area (Å²) in [6.07, 6.45) is 7.43. The van der Waals surface area contributed by atoms with E-state index in [2.05, 4.69) is 10.3 Å². The average Bonchev–Trinajstić information content (AvgIpc) is 2.92.